The molecule has 1 aliphatic carbocycles. The van der Waals surface area contributed by atoms with Crippen molar-refractivity contribution < 1.29 is 9.84 Å². The average Bonchev–Trinajstić information content (AvgIpc) is 2.72. The van der Waals surface area contributed by atoms with Gasteiger partial charge in [0.05, 0.1) is 10.7 Å². The molecule has 0 radical (unpaired) electrons. The molecular weight excluding hydrogens is 481 g/mol. The number of nitrogens with one attached hydrogen (secondary N) is 2. The van der Waals surface area contributed by atoms with E-state index in [1.54, 1.807) is 13.3 Å². The van der Waals surface area contributed by atoms with E-state index >= 15 is 0 Å². The summed E-state index contributed by atoms with van der Waals surface area (Å²) in [5, 5.41) is 17.0. The zero-order chi connectivity index (χ0) is 20.8. The molecule has 1 aliphatic rings. The molecule has 0 amide bonds. The average molecular weight is 511 g/mol. The van der Waals surface area contributed by atoms with Gasteiger partial charge in [0.2, 0.25) is 5.95 Å². The lowest BCUT2D eigenvalue weighted by atomic mass is 9.86. The van der Waals surface area contributed by atoms with Gasteiger partial charge in [-0.15, -0.1) is 0 Å². The molecular formula is C21H30IN5O2. The zero-order valence-corrected chi connectivity index (χ0v) is 19.4. The highest BCUT2D eigenvalue weighted by Gasteiger charge is 2.21. The van der Waals surface area contributed by atoms with Crippen LogP contribution in [0.1, 0.15) is 31.2 Å². The Morgan fingerprint density at radius 2 is 2.00 bits per heavy atom. The van der Waals surface area contributed by atoms with E-state index in [1.165, 1.54) is 12.8 Å². The Labute approximate surface area is 186 Å². The van der Waals surface area contributed by atoms with Crippen molar-refractivity contribution in [3.8, 4) is 11.5 Å². The van der Waals surface area contributed by atoms with Crippen LogP contribution in [-0.2, 0) is 6.54 Å². The number of phenolic OH excluding ortho intramolecular Hbond substituents is 1. The number of halogens is 1. The normalized spacial score (nSPS) is 19.0. The van der Waals surface area contributed by atoms with Gasteiger partial charge < -0.3 is 25.4 Å². The van der Waals surface area contributed by atoms with Crippen LogP contribution in [-0.4, -0.2) is 48.9 Å². The first-order valence-electron chi connectivity index (χ1n) is 9.99. The Balaban J connectivity index is 1.42. The molecule has 3 rings (SSSR count). The molecule has 0 unspecified atom stereocenters. The molecule has 0 atom stereocenters. The molecule has 7 nitrogen and oxygen atoms in total. The summed E-state index contributed by atoms with van der Waals surface area (Å²) in [6.45, 7) is 1.77. The number of phenols is 1. The van der Waals surface area contributed by atoms with Gasteiger partial charge in [0, 0.05) is 32.9 Å². The van der Waals surface area contributed by atoms with Crippen molar-refractivity contribution in [3.05, 3.63) is 33.5 Å². The van der Waals surface area contributed by atoms with Gasteiger partial charge in [0.15, 0.2) is 11.5 Å². The van der Waals surface area contributed by atoms with E-state index in [-0.39, 0.29) is 5.75 Å². The molecule has 1 aromatic carbocycles. The summed E-state index contributed by atoms with van der Waals surface area (Å²) in [5.41, 5.74) is 1.12. The predicted octanol–water partition coefficient (Wildman–Crippen LogP) is 3.62. The van der Waals surface area contributed by atoms with Crippen LogP contribution in [0.5, 0.6) is 11.5 Å². The Hall–Kier alpha value is -1.81. The van der Waals surface area contributed by atoms with Gasteiger partial charge in [-0.3, -0.25) is 0 Å². The molecule has 0 bridgehead atoms. The van der Waals surface area contributed by atoms with Gasteiger partial charge in [-0.2, -0.15) is 4.98 Å². The fraction of sp³-hybridized carbons (Fsp3) is 0.524. The summed E-state index contributed by atoms with van der Waals surface area (Å²) < 4.78 is 6.05. The van der Waals surface area contributed by atoms with Crippen LogP contribution in [0.3, 0.4) is 0 Å². The van der Waals surface area contributed by atoms with Crippen molar-refractivity contribution in [2.45, 2.75) is 38.3 Å². The number of rotatable bonds is 8. The van der Waals surface area contributed by atoms with Crippen molar-refractivity contribution in [1.29, 1.82) is 0 Å². The first kappa shape index (κ1) is 21.9. The van der Waals surface area contributed by atoms with Gasteiger partial charge in [0.1, 0.15) is 5.82 Å². The molecule has 1 heterocycles. The standard InChI is InChI=1S/C21H30IN5O2/c1-27(2)19-8-9-24-21(26-19)25-16-6-4-14(5-7-16)12-23-13-15-10-17(22)20(28)18(11-15)29-3/h8-11,14,16,23,28H,4-7,12-13H2,1-3H3,(H,24,25,26). The number of methoxy groups -OCH3 is 1. The fourth-order valence-corrected chi connectivity index (χ4v) is 4.33. The third kappa shape index (κ3) is 6.08. The number of hydrogen-bond donors (Lipinski definition) is 3. The molecule has 1 saturated carbocycles. The molecule has 3 N–H and O–H groups in total. The Morgan fingerprint density at radius 3 is 2.69 bits per heavy atom. The number of benzene rings is 1. The maximum Gasteiger partial charge on any atom is 0.224 e. The minimum atomic E-state index is 0.211. The molecule has 29 heavy (non-hydrogen) atoms. The van der Waals surface area contributed by atoms with Crippen molar-refractivity contribution in [3.63, 3.8) is 0 Å². The van der Waals surface area contributed by atoms with Crippen molar-refractivity contribution in [2.24, 2.45) is 5.92 Å². The number of hydrogen-bond acceptors (Lipinski definition) is 7. The van der Waals surface area contributed by atoms with Crippen LogP contribution in [0, 0.1) is 9.49 Å². The van der Waals surface area contributed by atoms with Crippen LogP contribution in [0.15, 0.2) is 24.4 Å². The highest BCUT2D eigenvalue weighted by atomic mass is 127. The van der Waals surface area contributed by atoms with Gasteiger partial charge in [0.25, 0.3) is 0 Å². The SMILES string of the molecule is COc1cc(CNCC2CCC(Nc3nccc(N(C)C)n3)CC2)cc(I)c1O. The Morgan fingerprint density at radius 1 is 1.24 bits per heavy atom. The minimum absolute atomic E-state index is 0.211. The van der Waals surface area contributed by atoms with Crippen molar-refractivity contribution in [2.75, 3.05) is 38.0 Å². The maximum atomic E-state index is 9.95. The summed E-state index contributed by atoms with van der Waals surface area (Å²) in [4.78, 5) is 10.9. The lowest BCUT2D eigenvalue weighted by Crippen LogP contribution is -2.31. The molecule has 158 valence electrons. The van der Waals surface area contributed by atoms with Crippen molar-refractivity contribution >= 4 is 34.4 Å². The van der Waals surface area contributed by atoms with E-state index in [1.807, 2.05) is 37.2 Å². The van der Waals surface area contributed by atoms with Gasteiger partial charge in [-0.05, 0) is 84.5 Å². The molecule has 2 aromatic rings. The highest BCUT2D eigenvalue weighted by Crippen LogP contribution is 2.32. The van der Waals surface area contributed by atoms with Gasteiger partial charge in [-0.1, -0.05) is 0 Å². The van der Waals surface area contributed by atoms with Crippen LogP contribution >= 0.6 is 22.6 Å². The van der Waals surface area contributed by atoms with E-state index in [0.29, 0.717) is 23.7 Å². The second-order valence-corrected chi connectivity index (χ2v) is 8.92. The Bertz CT molecular complexity index is 810. The first-order chi connectivity index (χ1) is 14.0. The van der Waals surface area contributed by atoms with Crippen LogP contribution in [0.25, 0.3) is 0 Å². The van der Waals surface area contributed by atoms with E-state index < -0.39 is 0 Å². The third-order valence-electron chi connectivity index (χ3n) is 5.35. The molecule has 1 aromatic heterocycles. The lowest BCUT2D eigenvalue weighted by Gasteiger charge is -2.29. The minimum Gasteiger partial charge on any atom is -0.504 e. The quantitative estimate of drug-likeness (QED) is 0.467. The molecule has 0 saturated heterocycles. The van der Waals surface area contributed by atoms with Crippen LogP contribution in [0.4, 0.5) is 11.8 Å². The molecule has 8 heteroatoms. The molecule has 0 aliphatic heterocycles. The third-order valence-corrected chi connectivity index (χ3v) is 6.17. The van der Waals surface area contributed by atoms with E-state index in [2.05, 4.69) is 43.2 Å². The molecule has 0 spiro atoms. The monoisotopic (exact) mass is 511 g/mol. The number of anilines is 2. The fourth-order valence-electron chi connectivity index (χ4n) is 3.67. The summed E-state index contributed by atoms with van der Waals surface area (Å²) >= 11 is 2.13. The van der Waals surface area contributed by atoms with E-state index in [0.717, 1.165) is 40.9 Å². The highest BCUT2D eigenvalue weighted by molar-refractivity contribution is 14.1. The second-order valence-electron chi connectivity index (χ2n) is 7.75. The summed E-state index contributed by atoms with van der Waals surface area (Å²) in [5.74, 6) is 3.05. The number of nitrogens with zero attached hydrogens (tertiary/aromatic N) is 3. The topological polar surface area (TPSA) is 82.5 Å². The van der Waals surface area contributed by atoms with Crippen LogP contribution < -0.4 is 20.3 Å². The summed E-state index contributed by atoms with van der Waals surface area (Å²) in [7, 11) is 5.55. The van der Waals surface area contributed by atoms with E-state index in [9.17, 15) is 5.11 Å². The Kier molecular flexibility index (Phi) is 7.77. The largest absolute Gasteiger partial charge is 0.504 e. The number of aromatic nitrogens is 2. The zero-order valence-electron chi connectivity index (χ0n) is 17.3. The first-order valence-corrected chi connectivity index (χ1v) is 11.1. The smallest absolute Gasteiger partial charge is 0.224 e. The van der Waals surface area contributed by atoms with Crippen molar-refractivity contribution in [1.82, 2.24) is 15.3 Å². The van der Waals surface area contributed by atoms with Gasteiger partial charge >= 0.3 is 0 Å². The predicted molar refractivity (Wildman–Crippen MR) is 125 cm³/mol. The van der Waals surface area contributed by atoms with Crippen LogP contribution in [0.2, 0.25) is 0 Å². The summed E-state index contributed by atoms with van der Waals surface area (Å²) in [6, 6.07) is 6.24. The maximum absolute atomic E-state index is 9.95. The molecule has 1 fully saturated rings. The van der Waals surface area contributed by atoms with E-state index in [4.69, 9.17) is 4.74 Å². The number of ether oxygens (including phenoxy) is 1. The lowest BCUT2D eigenvalue weighted by molar-refractivity contribution is 0.323. The summed E-state index contributed by atoms with van der Waals surface area (Å²) in [6.07, 6.45) is 6.45. The van der Waals surface area contributed by atoms with Gasteiger partial charge in [-0.25, -0.2) is 4.98 Å². The number of aromatic hydroxyl groups is 1. The second kappa shape index (κ2) is 10.3.